The summed E-state index contributed by atoms with van der Waals surface area (Å²) in [6.45, 7) is 12.9. The Hall–Kier alpha value is -2.08. The van der Waals surface area contributed by atoms with Crippen LogP contribution in [0.4, 0.5) is 0 Å². The van der Waals surface area contributed by atoms with Crippen molar-refractivity contribution in [2.24, 2.45) is 22.7 Å². The molecule has 192 valence electrons. The van der Waals surface area contributed by atoms with E-state index in [2.05, 4.69) is 61.4 Å². The molecule has 1 aliphatic carbocycles. The van der Waals surface area contributed by atoms with Crippen LogP contribution in [-0.2, 0) is 10.2 Å². The van der Waals surface area contributed by atoms with Crippen molar-refractivity contribution in [1.29, 1.82) is 0 Å². The molecule has 35 heavy (non-hydrogen) atoms. The van der Waals surface area contributed by atoms with Crippen LogP contribution in [0.15, 0.2) is 23.2 Å². The number of nitrogens with zero attached hydrogens (tertiary/aromatic N) is 2. The van der Waals surface area contributed by atoms with E-state index in [9.17, 15) is 4.79 Å². The molecule has 4 aliphatic rings. The normalized spacial score (nSPS) is 28.3. The van der Waals surface area contributed by atoms with Crippen molar-refractivity contribution in [1.82, 2.24) is 15.5 Å². The molecule has 1 spiro atoms. The Bertz CT molecular complexity index is 942. The van der Waals surface area contributed by atoms with E-state index in [4.69, 9.17) is 9.73 Å². The van der Waals surface area contributed by atoms with E-state index in [1.54, 1.807) is 0 Å². The average Bonchev–Trinajstić information content (AvgIpc) is 3.36. The summed E-state index contributed by atoms with van der Waals surface area (Å²) in [5.74, 6) is 4.22. The van der Waals surface area contributed by atoms with Crippen LogP contribution in [0.1, 0.15) is 83.4 Å². The number of rotatable bonds is 6. The first-order chi connectivity index (χ1) is 16.9. The lowest BCUT2D eigenvalue weighted by Crippen LogP contribution is -2.59. The third-order valence-corrected chi connectivity index (χ3v) is 8.96. The zero-order chi connectivity index (χ0) is 24.6. The summed E-state index contributed by atoms with van der Waals surface area (Å²) in [7, 11) is 0. The Kier molecular flexibility index (Phi) is 7.11. The molecule has 1 aromatic carbocycles. The van der Waals surface area contributed by atoms with Crippen molar-refractivity contribution in [2.75, 3.05) is 32.7 Å². The van der Waals surface area contributed by atoms with Crippen LogP contribution in [0, 0.1) is 17.8 Å². The molecule has 1 unspecified atom stereocenters. The largest absolute Gasteiger partial charge is 0.491 e. The number of carbonyl (C=O) groups is 1. The molecule has 3 heterocycles. The van der Waals surface area contributed by atoms with Crippen LogP contribution >= 0.6 is 0 Å². The van der Waals surface area contributed by atoms with Gasteiger partial charge in [-0.05, 0) is 106 Å². The molecule has 2 N–H and O–H groups in total. The molecule has 1 saturated carbocycles. The van der Waals surface area contributed by atoms with Gasteiger partial charge in [-0.3, -0.25) is 9.79 Å². The monoisotopic (exact) mass is 480 g/mol. The van der Waals surface area contributed by atoms with Crippen molar-refractivity contribution >= 4 is 11.7 Å². The molecule has 1 saturated heterocycles. The van der Waals surface area contributed by atoms with Gasteiger partial charge in [-0.25, -0.2) is 0 Å². The van der Waals surface area contributed by atoms with Gasteiger partial charge in [0, 0.05) is 6.54 Å². The molecule has 3 aliphatic heterocycles. The number of benzene rings is 1. The molecule has 6 nitrogen and oxygen atoms in total. The summed E-state index contributed by atoms with van der Waals surface area (Å²) in [6.07, 6.45) is 6.71. The molecule has 0 aromatic heterocycles. The molecular formula is C29H44N4O2. The predicted molar refractivity (Wildman–Crippen MR) is 141 cm³/mol. The first-order valence-electron chi connectivity index (χ1n) is 14.0. The SMILES string of the molecule is CC(C)Oc1ccc2c(c1)C(C1CCC(C(C)C)CC1)N(CC1=NCCN1)C(=O)C21CCNCC1. The Morgan fingerprint density at radius 3 is 2.46 bits per heavy atom. The van der Waals surface area contributed by atoms with Crippen molar-refractivity contribution in [3.8, 4) is 5.75 Å². The number of nitrogens with one attached hydrogen (secondary N) is 2. The van der Waals surface area contributed by atoms with Gasteiger partial charge in [-0.2, -0.15) is 0 Å². The zero-order valence-electron chi connectivity index (χ0n) is 22.1. The first-order valence-corrected chi connectivity index (χ1v) is 14.0. The minimum absolute atomic E-state index is 0.0898. The molecular weight excluding hydrogens is 436 g/mol. The minimum atomic E-state index is -0.443. The highest BCUT2D eigenvalue weighted by atomic mass is 16.5. The van der Waals surface area contributed by atoms with Gasteiger partial charge >= 0.3 is 0 Å². The fourth-order valence-electron chi connectivity index (χ4n) is 7.11. The topological polar surface area (TPSA) is 66.0 Å². The van der Waals surface area contributed by atoms with E-state index in [0.717, 1.165) is 62.4 Å². The molecule has 0 bridgehead atoms. The lowest BCUT2D eigenvalue weighted by atomic mass is 9.63. The van der Waals surface area contributed by atoms with Crippen molar-refractivity contribution in [3.63, 3.8) is 0 Å². The van der Waals surface area contributed by atoms with Crippen LogP contribution in [-0.4, -0.2) is 55.5 Å². The second-order valence-electron chi connectivity index (χ2n) is 11.8. The van der Waals surface area contributed by atoms with E-state index in [0.29, 0.717) is 18.4 Å². The number of amides is 1. The lowest BCUT2D eigenvalue weighted by Gasteiger charge is -2.52. The van der Waals surface area contributed by atoms with Gasteiger partial charge in [0.1, 0.15) is 11.6 Å². The maximum absolute atomic E-state index is 14.5. The maximum Gasteiger partial charge on any atom is 0.234 e. The van der Waals surface area contributed by atoms with Crippen LogP contribution in [0.5, 0.6) is 5.75 Å². The molecule has 1 atom stereocenters. The summed E-state index contributed by atoms with van der Waals surface area (Å²) in [5, 5.41) is 6.93. The molecule has 0 radical (unpaired) electrons. The standard InChI is InChI=1S/C29H44N4O2/c1-19(2)21-5-7-22(8-6-21)27-24-17-23(35-20(3)4)9-10-25(24)29(11-13-30-14-12-29)28(34)33(27)18-26-31-15-16-32-26/h9-10,17,19-22,27,30H,5-8,11-16,18H2,1-4H3,(H,31,32). The van der Waals surface area contributed by atoms with Crippen molar-refractivity contribution < 1.29 is 9.53 Å². The lowest BCUT2D eigenvalue weighted by molar-refractivity contribution is -0.144. The molecule has 5 rings (SSSR count). The molecule has 6 heteroatoms. The van der Waals surface area contributed by atoms with Crippen LogP contribution in [0.3, 0.4) is 0 Å². The molecule has 1 aromatic rings. The van der Waals surface area contributed by atoms with Gasteiger partial charge in [0.15, 0.2) is 0 Å². The van der Waals surface area contributed by atoms with Crippen LogP contribution in [0.25, 0.3) is 0 Å². The Labute approximate surface area is 211 Å². The number of fused-ring (bicyclic) bond motifs is 2. The summed E-state index contributed by atoms with van der Waals surface area (Å²) >= 11 is 0. The number of ether oxygens (including phenoxy) is 1. The van der Waals surface area contributed by atoms with Crippen LogP contribution < -0.4 is 15.4 Å². The number of amidine groups is 1. The maximum atomic E-state index is 14.5. The smallest absolute Gasteiger partial charge is 0.234 e. The third kappa shape index (κ3) is 4.71. The minimum Gasteiger partial charge on any atom is -0.491 e. The highest BCUT2D eigenvalue weighted by molar-refractivity contribution is 5.96. The number of hydrogen-bond donors (Lipinski definition) is 2. The second kappa shape index (κ2) is 10.1. The van der Waals surface area contributed by atoms with E-state index in [1.165, 1.54) is 36.8 Å². The Morgan fingerprint density at radius 1 is 1.09 bits per heavy atom. The van der Waals surface area contributed by atoms with Gasteiger partial charge in [0.2, 0.25) is 5.91 Å². The second-order valence-corrected chi connectivity index (χ2v) is 11.8. The van der Waals surface area contributed by atoms with E-state index in [1.807, 2.05) is 0 Å². The summed E-state index contributed by atoms with van der Waals surface area (Å²) in [6, 6.07) is 6.70. The quantitative estimate of drug-likeness (QED) is 0.632. The third-order valence-electron chi connectivity index (χ3n) is 8.96. The van der Waals surface area contributed by atoms with Gasteiger partial charge in [-0.15, -0.1) is 0 Å². The van der Waals surface area contributed by atoms with Gasteiger partial charge in [0.25, 0.3) is 0 Å². The highest BCUT2D eigenvalue weighted by Crippen LogP contribution is 2.52. The summed E-state index contributed by atoms with van der Waals surface area (Å²) in [5.41, 5.74) is 2.15. The number of aliphatic imine (C=N–C) groups is 1. The van der Waals surface area contributed by atoms with E-state index in [-0.39, 0.29) is 12.1 Å². The van der Waals surface area contributed by atoms with E-state index >= 15 is 0 Å². The Morgan fingerprint density at radius 2 is 1.83 bits per heavy atom. The summed E-state index contributed by atoms with van der Waals surface area (Å²) < 4.78 is 6.18. The average molecular weight is 481 g/mol. The molecule has 2 fully saturated rings. The van der Waals surface area contributed by atoms with Gasteiger partial charge in [0.05, 0.1) is 30.7 Å². The Balaban J connectivity index is 1.59. The van der Waals surface area contributed by atoms with Crippen molar-refractivity contribution in [3.05, 3.63) is 29.3 Å². The van der Waals surface area contributed by atoms with E-state index < -0.39 is 5.41 Å². The number of piperidine rings is 1. The number of hydrogen-bond acceptors (Lipinski definition) is 5. The zero-order valence-corrected chi connectivity index (χ0v) is 22.1. The van der Waals surface area contributed by atoms with Gasteiger partial charge in [-0.1, -0.05) is 19.9 Å². The summed E-state index contributed by atoms with van der Waals surface area (Å²) in [4.78, 5) is 21.5. The number of carbonyl (C=O) groups excluding carboxylic acids is 1. The first kappa shape index (κ1) is 24.6. The van der Waals surface area contributed by atoms with Gasteiger partial charge < -0.3 is 20.3 Å². The van der Waals surface area contributed by atoms with Crippen molar-refractivity contribution in [2.45, 2.75) is 83.8 Å². The fraction of sp³-hybridized carbons (Fsp3) is 0.724. The predicted octanol–water partition coefficient (Wildman–Crippen LogP) is 4.44. The fourth-order valence-corrected chi connectivity index (χ4v) is 7.11. The molecule has 1 amide bonds. The highest BCUT2D eigenvalue weighted by Gasteiger charge is 2.53. The van der Waals surface area contributed by atoms with Crippen LogP contribution in [0.2, 0.25) is 0 Å².